The highest BCUT2D eigenvalue weighted by Gasteiger charge is 2.24. The molecular weight excluding hydrogens is 322 g/mol. The molecule has 2 aromatic rings. The topological polar surface area (TPSA) is 51.4 Å². The summed E-state index contributed by atoms with van der Waals surface area (Å²) in [6, 6.07) is 8.03. The van der Waals surface area contributed by atoms with E-state index in [1.807, 2.05) is 24.3 Å². The zero-order chi connectivity index (χ0) is 13.9. The van der Waals surface area contributed by atoms with Gasteiger partial charge in [0.15, 0.2) is 0 Å². The number of likely N-dealkylation sites (N-methyl/N-ethyl adjacent to an activating group) is 1. The van der Waals surface area contributed by atoms with Crippen LogP contribution >= 0.6 is 15.9 Å². The van der Waals surface area contributed by atoms with Gasteiger partial charge in [-0.25, -0.2) is 0 Å². The molecule has 0 aliphatic carbocycles. The zero-order valence-electron chi connectivity index (χ0n) is 11.3. The third-order valence-electron chi connectivity index (χ3n) is 3.34. The molecule has 0 radical (unpaired) electrons. The number of hydrogen-bond donors (Lipinski definition) is 0. The van der Waals surface area contributed by atoms with Crippen LogP contribution in [0, 0.1) is 0 Å². The van der Waals surface area contributed by atoms with Crippen molar-refractivity contribution in [3.63, 3.8) is 0 Å². The molecule has 2 heterocycles. The molecule has 0 unspecified atom stereocenters. The Hall–Kier alpha value is -1.24. The SMILES string of the molecule is CN1CCO[C@H](c2noc(Cc3ccccc3Br)n2)C1. The molecule has 1 saturated heterocycles. The van der Waals surface area contributed by atoms with Gasteiger partial charge >= 0.3 is 0 Å². The fraction of sp³-hybridized carbons (Fsp3) is 0.429. The summed E-state index contributed by atoms with van der Waals surface area (Å²) in [6.07, 6.45) is 0.530. The van der Waals surface area contributed by atoms with Crippen LogP contribution in [0.15, 0.2) is 33.3 Å². The first-order valence-electron chi connectivity index (χ1n) is 6.58. The lowest BCUT2D eigenvalue weighted by Gasteiger charge is -2.27. The van der Waals surface area contributed by atoms with Crippen molar-refractivity contribution in [3.8, 4) is 0 Å². The predicted octanol–water partition coefficient (Wildman–Crippen LogP) is 2.43. The van der Waals surface area contributed by atoms with Crippen molar-refractivity contribution in [1.29, 1.82) is 0 Å². The van der Waals surface area contributed by atoms with Crippen LogP contribution in [0.1, 0.15) is 23.4 Å². The minimum absolute atomic E-state index is 0.0922. The summed E-state index contributed by atoms with van der Waals surface area (Å²) in [6.45, 7) is 2.45. The molecule has 1 aliphatic rings. The van der Waals surface area contributed by atoms with Crippen molar-refractivity contribution in [3.05, 3.63) is 46.0 Å². The summed E-state index contributed by atoms with van der Waals surface area (Å²) in [4.78, 5) is 6.66. The van der Waals surface area contributed by atoms with Gasteiger partial charge in [0.1, 0.15) is 6.10 Å². The normalized spacial score (nSPS) is 20.2. The van der Waals surface area contributed by atoms with E-state index in [1.165, 1.54) is 0 Å². The molecule has 0 spiro atoms. The summed E-state index contributed by atoms with van der Waals surface area (Å²) in [7, 11) is 2.07. The third-order valence-corrected chi connectivity index (χ3v) is 4.11. The highest BCUT2D eigenvalue weighted by Crippen LogP contribution is 2.22. The Kier molecular flexibility index (Phi) is 4.14. The second-order valence-corrected chi connectivity index (χ2v) is 5.79. The van der Waals surface area contributed by atoms with Crippen molar-refractivity contribution < 1.29 is 9.26 Å². The molecule has 3 rings (SSSR count). The molecule has 1 aromatic carbocycles. The molecule has 1 atom stereocenters. The van der Waals surface area contributed by atoms with Crippen molar-refractivity contribution in [2.75, 3.05) is 26.7 Å². The summed E-state index contributed by atoms with van der Waals surface area (Å²) < 4.78 is 12.1. The molecule has 0 bridgehead atoms. The fourth-order valence-electron chi connectivity index (χ4n) is 2.21. The highest BCUT2D eigenvalue weighted by molar-refractivity contribution is 9.10. The number of hydrogen-bond acceptors (Lipinski definition) is 5. The van der Waals surface area contributed by atoms with E-state index < -0.39 is 0 Å². The smallest absolute Gasteiger partial charge is 0.231 e. The molecule has 1 aromatic heterocycles. The maximum Gasteiger partial charge on any atom is 0.231 e. The largest absolute Gasteiger partial charge is 0.367 e. The Morgan fingerprint density at radius 3 is 3.05 bits per heavy atom. The van der Waals surface area contributed by atoms with E-state index in [2.05, 4.69) is 38.0 Å². The molecule has 106 valence electrons. The average Bonchev–Trinajstić information content (AvgIpc) is 2.90. The summed E-state index contributed by atoms with van der Waals surface area (Å²) >= 11 is 3.52. The Balaban J connectivity index is 1.72. The number of benzene rings is 1. The monoisotopic (exact) mass is 337 g/mol. The average molecular weight is 338 g/mol. The Morgan fingerprint density at radius 2 is 2.25 bits per heavy atom. The van der Waals surface area contributed by atoms with Gasteiger partial charge in [0.25, 0.3) is 0 Å². The summed E-state index contributed by atoms with van der Waals surface area (Å²) in [5.41, 5.74) is 1.13. The predicted molar refractivity (Wildman–Crippen MR) is 77.4 cm³/mol. The van der Waals surface area contributed by atoms with Crippen LogP contribution in [-0.2, 0) is 11.2 Å². The number of ether oxygens (including phenoxy) is 1. The van der Waals surface area contributed by atoms with E-state index in [0.717, 1.165) is 23.1 Å². The second kappa shape index (κ2) is 6.03. The first kappa shape index (κ1) is 13.7. The zero-order valence-corrected chi connectivity index (χ0v) is 12.8. The van der Waals surface area contributed by atoms with Gasteiger partial charge in [0, 0.05) is 17.6 Å². The van der Waals surface area contributed by atoms with Crippen LogP contribution in [0.2, 0.25) is 0 Å². The van der Waals surface area contributed by atoms with E-state index in [4.69, 9.17) is 9.26 Å². The minimum Gasteiger partial charge on any atom is -0.367 e. The molecule has 5 nitrogen and oxygen atoms in total. The number of nitrogens with zero attached hydrogens (tertiary/aromatic N) is 3. The Labute approximate surface area is 126 Å². The minimum atomic E-state index is -0.0922. The van der Waals surface area contributed by atoms with Gasteiger partial charge in [-0.15, -0.1) is 0 Å². The summed E-state index contributed by atoms with van der Waals surface area (Å²) in [5.74, 6) is 1.25. The van der Waals surface area contributed by atoms with Gasteiger partial charge in [0.2, 0.25) is 11.7 Å². The number of rotatable bonds is 3. The lowest BCUT2D eigenvalue weighted by molar-refractivity contribution is -0.0264. The lowest BCUT2D eigenvalue weighted by atomic mass is 10.1. The molecule has 0 amide bonds. The van der Waals surface area contributed by atoms with Gasteiger partial charge < -0.3 is 14.2 Å². The van der Waals surface area contributed by atoms with Crippen LogP contribution < -0.4 is 0 Å². The van der Waals surface area contributed by atoms with Gasteiger partial charge in [-0.2, -0.15) is 4.98 Å². The molecule has 0 saturated carbocycles. The van der Waals surface area contributed by atoms with Crippen LogP contribution in [0.4, 0.5) is 0 Å². The molecule has 20 heavy (non-hydrogen) atoms. The maximum absolute atomic E-state index is 5.69. The van der Waals surface area contributed by atoms with Gasteiger partial charge in [-0.05, 0) is 18.7 Å². The first-order valence-corrected chi connectivity index (χ1v) is 7.37. The molecule has 0 N–H and O–H groups in total. The number of halogens is 1. The second-order valence-electron chi connectivity index (χ2n) is 4.94. The van der Waals surface area contributed by atoms with E-state index in [0.29, 0.717) is 24.7 Å². The van der Waals surface area contributed by atoms with Crippen LogP contribution in [0.3, 0.4) is 0 Å². The van der Waals surface area contributed by atoms with Gasteiger partial charge in [0.05, 0.1) is 13.0 Å². The first-order chi connectivity index (χ1) is 9.72. The van der Waals surface area contributed by atoms with E-state index in [9.17, 15) is 0 Å². The van der Waals surface area contributed by atoms with Crippen molar-refractivity contribution in [1.82, 2.24) is 15.0 Å². The lowest BCUT2D eigenvalue weighted by Crippen LogP contribution is -2.35. The molecule has 1 aliphatic heterocycles. The maximum atomic E-state index is 5.69. The summed E-state index contributed by atoms with van der Waals surface area (Å²) in [5, 5.41) is 4.05. The van der Waals surface area contributed by atoms with Crippen molar-refractivity contribution in [2.24, 2.45) is 0 Å². The number of aromatic nitrogens is 2. The quantitative estimate of drug-likeness (QED) is 0.860. The highest BCUT2D eigenvalue weighted by atomic mass is 79.9. The fourth-order valence-corrected chi connectivity index (χ4v) is 2.63. The van der Waals surface area contributed by atoms with Gasteiger partial charge in [-0.3, -0.25) is 0 Å². The van der Waals surface area contributed by atoms with E-state index >= 15 is 0 Å². The molecule has 6 heteroatoms. The number of morpholine rings is 1. The van der Waals surface area contributed by atoms with Crippen molar-refractivity contribution >= 4 is 15.9 Å². The van der Waals surface area contributed by atoms with E-state index in [-0.39, 0.29) is 6.10 Å². The Bertz CT molecular complexity index is 587. The Morgan fingerprint density at radius 1 is 1.40 bits per heavy atom. The standard InChI is InChI=1S/C14H16BrN3O2/c1-18-6-7-19-12(9-18)14-16-13(20-17-14)8-10-4-2-3-5-11(10)15/h2-5,12H,6-9H2,1H3/t12-/m0/s1. The van der Waals surface area contributed by atoms with Crippen LogP contribution in [0.5, 0.6) is 0 Å². The third kappa shape index (κ3) is 3.08. The molecule has 1 fully saturated rings. The van der Waals surface area contributed by atoms with Gasteiger partial charge in [-0.1, -0.05) is 39.3 Å². The van der Waals surface area contributed by atoms with Crippen LogP contribution in [0.25, 0.3) is 0 Å². The van der Waals surface area contributed by atoms with Crippen molar-refractivity contribution in [2.45, 2.75) is 12.5 Å². The van der Waals surface area contributed by atoms with Crippen LogP contribution in [-0.4, -0.2) is 41.8 Å². The van der Waals surface area contributed by atoms with E-state index in [1.54, 1.807) is 0 Å². The molecular formula is C14H16BrN3O2.